The second kappa shape index (κ2) is 4.61. The summed E-state index contributed by atoms with van der Waals surface area (Å²) in [7, 11) is 3.53. The van der Waals surface area contributed by atoms with Crippen molar-refractivity contribution in [1.29, 1.82) is 0 Å². The molecule has 1 saturated heterocycles. The second-order valence-corrected chi connectivity index (χ2v) is 5.40. The van der Waals surface area contributed by atoms with Crippen LogP contribution in [0.4, 0.5) is 0 Å². The summed E-state index contributed by atoms with van der Waals surface area (Å²) in [5.74, 6) is 0.811. The van der Waals surface area contributed by atoms with Gasteiger partial charge in [0.2, 0.25) is 0 Å². The molecule has 16 heavy (non-hydrogen) atoms. The molecule has 2 rings (SSSR count). The molecule has 0 spiro atoms. The van der Waals surface area contributed by atoms with Gasteiger partial charge in [0.05, 0.1) is 12.2 Å². The van der Waals surface area contributed by atoms with Crippen molar-refractivity contribution in [2.24, 2.45) is 11.7 Å². The van der Waals surface area contributed by atoms with Crippen LogP contribution in [0.1, 0.15) is 19.8 Å². The highest BCUT2D eigenvalue weighted by Crippen LogP contribution is 2.43. The lowest BCUT2D eigenvalue weighted by Gasteiger charge is -2.52. The maximum atomic E-state index is 5.96. The van der Waals surface area contributed by atoms with Gasteiger partial charge in [-0.2, -0.15) is 0 Å². The number of rotatable bonds is 4. The van der Waals surface area contributed by atoms with Gasteiger partial charge in [-0.05, 0) is 18.8 Å². The second-order valence-electron chi connectivity index (χ2n) is 5.40. The minimum Gasteiger partial charge on any atom is -0.377 e. The minimum atomic E-state index is 0.198. The van der Waals surface area contributed by atoms with Crippen molar-refractivity contribution >= 4 is 0 Å². The van der Waals surface area contributed by atoms with Crippen LogP contribution in [0.3, 0.4) is 0 Å². The molecule has 0 aromatic rings. The smallest absolute Gasteiger partial charge is 0.0972 e. The summed E-state index contributed by atoms with van der Waals surface area (Å²) < 4.78 is 10.9. The van der Waals surface area contributed by atoms with Crippen LogP contribution in [0.25, 0.3) is 0 Å². The number of ether oxygens (including phenoxy) is 2. The number of nitrogens with zero attached hydrogens (tertiary/aromatic N) is 1. The molecule has 2 aliphatic rings. The zero-order valence-electron chi connectivity index (χ0n) is 10.6. The maximum Gasteiger partial charge on any atom is 0.0972 e. The minimum absolute atomic E-state index is 0.198. The molecule has 94 valence electrons. The third-order valence-corrected chi connectivity index (χ3v) is 4.33. The standard InChI is InChI=1S/C12H24N2O2/c1-9-4-12(5-9,8-13)14-6-10(15-2)11(7-14)16-3/h9-11H,4-8,13H2,1-3H3. The Kier molecular flexibility index (Phi) is 3.54. The predicted molar refractivity (Wildman–Crippen MR) is 63.4 cm³/mol. The zero-order chi connectivity index (χ0) is 11.8. The summed E-state index contributed by atoms with van der Waals surface area (Å²) in [4.78, 5) is 2.48. The average molecular weight is 228 g/mol. The first-order chi connectivity index (χ1) is 7.65. The summed E-state index contributed by atoms with van der Waals surface area (Å²) in [6.07, 6.45) is 2.83. The predicted octanol–water partition coefficient (Wildman–Crippen LogP) is 0.459. The number of hydrogen-bond acceptors (Lipinski definition) is 4. The van der Waals surface area contributed by atoms with E-state index in [9.17, 15) is 0 Å². The fourth-order valence-corrected chi connectivity index (χ4v) is 3.38. The first-order valence-electron chi connectivity index (χ1n) is 6.16. The van der Waals surface area contributed by atoms with Crippen molar-refractivity contribution in [1.82, 2.24) is 4.90 Å². The molecule has 0 radical (unpaired) electrons. The van der Waals surface area contributed by atoms with Crippen LogP contribution in [-0.4, -0.2) is 56.5 Å². The molecule has 2 fully saturated rings. The molecule has 0 amide bonds. The highest BCUT2D eigenvalue weighted by molar-refractivity contribution is 5.06. The largest absolute Gasteiger partial charge is 0.377 e. The summed E-state index contributed by atoms with van der Waals surface area (Å²) in [6, 6.07) is 0. The van der Waals surface area contributed by atoms with E-state index >= 15 is 0 Å². The summed E-state index contributed by atoms with van der Waals surface area (Å²) in [5.41, 5.74) is 6.19. The number of hydrogen-bond donors (Lipinski definition) is 1. The van der Waals surface area contributed by atoms with Crippen LogP contribution in [0, 0.1) is 5.92 Å². The molecular formula is C12H24N2O2. The maximum absolute atomic E-state index is 5.96. The lowest BCUT2D eigenvalue weighted by atomic mass is 9.68. The highest BCUT2D eigenvalue weighted by atomic mass is 16.5. The van der Waals surface area contributed by atoms with Crippen LogP contribution >= 0.6 is 0 Å². The summed E-state index contributed by atoms with van der Waals surface area (Å²) in [5, 5.41) is 0. The summed E-state index contributed by atoms with van der Waals surface area (Å²) in [6.45, 7) is 4.97. The van der Waals surface area contributed by atoms with E-state index in [1.807, 2.05) is 0 Å². The number of methoxy groups -OCH3 is 2. The Hall–Kier alpha value is -0.160. The van der Waals surface area contributed by atoms with Gasteiger partial charge >= 0.3 is 0 Å². The molecule has 0 aromatic heterocycles. The van der Waals surface area contributed by atoms with Gasteiger partial charge < -0.3 is 15.2 Å². The molecule has 2 atom stereocenters. The molecule has 4 heteroatoms. The SMILES string of the molecule is COC1CN(C2(CN)CC(C)C2)CC1OC. The molecule has 1 aliphatic heterocycles. The molecule has 1 saturated carbocycles. The molecule has 0 aromatic carbocycles. The number of nitrogens with two attached hydrogens (primary N) is 1. The Morgan fingerprint density at radius 1 is 1.19 bits per heavy atom. The van der Waals surface area contributed by atoms with Gasteiger partial charge in [0, 0.05) is 39.4 Å². The van der Waals surface area contributed by atoms with Gasteiger partial charge in [0.1, 0.15) is 0 Å². The van der Waals surface area contributed by atoms with Gasteiger partial charge in [0.25, 0.3) is 0 Å². The first kappa shape index (κ1) is 12.3. The van der Waals surface area contributed by atoms with Gasteiger partial charge in [-0.25, -0.2) is 0 Å². The van der Waals surface area contributed by atoms with Crippen molar-refractivity contribution in [3.05, 3.63) is 0 Å². The van der Waals surface area contributed by atoms with Crippen LogP contribution in [0.5, 0.6) is 0 Å². The Bertz CT molecular complexity index is 229. The van der Waals surface area contributed by atoms with E-state index in [4.69, 9.17) is 15.2 Å². The number of likely N-dealkylation sites (tertiary alicyclic amines) is 1. The van der Waals surface area contributed by atoms with Crippen LogP contribution in [0.15, 0.2) is 0 Å². The van der Waals surface area contributed by atoms with E-state index in [0.717, 1.165) is 25.6 Å². The molecule has 2 N–H and O–H groups in total. The average Bonchev–Trinajstić information content (AvgIpc) is 2.67. The Labute approximate surface area is 98.1 Å². The lowest BCUT2D eigenvalue weighted by molar-refractivity contribution is -0.00792. The monoisotopic (exact) mass is 228 g/mol. The quantitative estimate of drug-likeness (QED) is 0.759. The topological polar surface area (TPSA) is 47.7 Å². The third kappa shape index (κ3) is 1.88. The zero-order valence-corrected chi connectivity index (χ0v) is 10.6. The van der Waals surface area contributed by atoms with E-state index in [2.05, 4.69) is 11.8 Å². The molecule has 0 bridgehead atoms. The van der Waals surface area contributed by atoms with Crippen LogP contribution in [0.2, 0.25) is 0 Å². The Morgan fingerprint density at radius 2 is 1.69 bits per heavy atom. The van der Waals surface area contributed by atoms with Crippen LogP contribution in [-0.2, 0) is 9.47 Å². The van der Waals surface area contributed by atoms with Gasteiger partial charge in [-0.3, -0.25) is 4.90 Å². The highest BCUT2D eigenvalue weighted by Gasteiger charge is 2.50. The summed E-state index contributed by atoms with van der Waals surface area (Å²) >= 11 is 0. The van der Waals surface area contributed by atoms with Crippen molar-refractivity contribution in [3.8, 4) is 0 Å². The fraction of sp³-hybridized carbons (Fsp3) is 1.00. The third-order valence-electron chi connectivity index (χ3n) is 4.33. The van der Waals surface area contributed by atoms with Crippen LogP contribution < -0.4 is 5.73 Å². The van der Waals surface area contributed by atoms with Crippen molar-refractivity contribution in [3.63, 3.8) is 0 Å². The normalized spacial score (nSPS) is 44.6. The van der Waals surface area contributed by atoms with Crippen molar-refractivity contribution in [2.75, 3.05) is 33.9 Å². The van der Waals surface area contributed by atoms with Gasteiger partial charge in [-0.15, -0.1) is 0 Å². The van der Waals surface area contributed by atoms with E-state index < -0.39 is 0 Å². The van der Waals surface area contributed by atoms with E-state index in [1.165, 1.54) is 12.8 Å². The Balaban J connectivity index is 2.01. The molecule has 4 nitrogen and oxygen atoms in total. The van der Waals surface area contributed by atoms with Gasteiger partial charge in [-0.1, -0.05) is 6.92 Å². The molecular weight excluding hydrogens is 204 g/mol. The van der Waals surface area contributed by atoms with E-state index in [-0.39, 0.29) is 17.7 Å². The van der Waals surface area contributed by atoms with Gasteiger partial charge in [0.15, 0.2) is 0 Å². The Morgan fingerprint density at radius 3 is 2.00 bits per heavy atom. The molecule has 1 aliphatic carbocycles. The fourth-order valence-electron chi connectivity index (χ4n) is 3.38. The van der Waals surface area contributed by atoms with E-state index in [0.29, 0.717) is 0 Å². The molecule has 1 heterocycles. The van der Waals surface area contributed by atoms with Crippen molar-refractivity contribution < 1.29 is 9.47 Å². The first-order valence-corrected chi connectivity index (χ1v) is 6.16. The lowest BCUT2D eigenvalue weighted by Crippen LogP contribution is -2.60. The van der Waals surface area contributed by atoms with E-state index in [1.54, 1.807) is 14.2 Å². The van der Waals surface area contributed by atoms with Crippen molar-refractivity contribution in [2.45, 2.75) is 37.5 Å². The molecule has 2 unspecified atom stereocenters.